The van der Waals surface area contributed by atoms with E-state index < -0.39 is 11.9 Å². The highest BCUT2D eigenvalue weighted by molar-refractivity contribution is 5.36. The molecule has 19 heavy (non-hydrogen) atoms. The molecule has 1 heterocycles. The smallest absolute Gasteiger partial charge is 0.369 e. The minimum absolute atomic E-state index is 0.0857. The number of alkyl halides is 3. The van der Waals surface area contributed by atoms with Crippen LogP contribution in [0.2, 0.25) is 0 Å². The van der Waals surface area contributed by atoms with Gasteiger partial charge in [-0.25, -0.2) is 4.98 Å². The van der Waals surface area contributed by atoms with E-state index in [0.29, 0.717) is 6.54 Å². The number of rotatable bonds is 4. The second-order valence-corrected chi connectivity index (χ2v) is 5.81. The van der Waals surface area contributed by atoms with Gasteiger partial charge in [0.2, 0.25) is 0 Å². The van der Waals surface area contributed by atoms with E-state index in [2.05, 4.69) is 31.1 Å². The monoisotopic (exact) mass is 275 g/mol. The third-order valence-corrected chi connectivity index (χ3v) is 2.46. The first-order valence-electron chi connectivity index (χ1n) is 6.12. The van der Waals surface area contributed by atoms with E-state index in [1.54, 1.807) is 0 Å². The lowest BCUT2D eigenvalue weighted by molar-refractivity contribution is -0.141. The highest BCUT2D eigenvalue weighted by Crippen LogP contribution is 2.28. The maximum absolute atomic E-state index is 12.5. The zero-order valence-electron chi connectivity index (χ0n) is 11.4. The van der Waals surface area contributed by atoms with Gasteiger partial charge in [-0.3, -0.25) is 0 Å². The Morgan fingerprint density at radius 1 is 1.26 bits per heavy atom. The van der Waals surface area contributed by atoms with E-state index in [9.17, 15) is 13.2 Å². The van der Waals surface area contributed by atoms with Gasteiger partial charge in [-0.05, 0) is 24.0 Å². The second kappa shape index (κ2) is 5.77. The van der Waals surface area contributed by atoms with E-state index in [4.69, 9.17) is 5.73 Å². The summed E-state index contributed by atoms with van der Waals surface area (Å²) < 4.78 is 37.4. The molecule has 0 aliphatic rings. The van der Waals surface area contributed by atoms with Gasteiger partial charge in [-0.15, -0.1) is 0 Å². The summed E-state index contributed by atoms with van der Waals surface area (Å²) in [4.78, 5) is 3.52. The molecule has 1 aromatic heterocycles. The van der Waals surface area contributed by atoms with Crippen molar-refractivity contribution in [1.29, 1.82) is 0 Å². The molecule has 0 radical (unpaired) electrons. The van der Waals surface area contributed by atoms with Gasteiger partial charge in [0.25, 0.3) is 0 Å². The van der Waals surface area contributed by atoms with Gasteiger partial charge in [-0.1, -0.05) is 26.8 Å². The fourth-order valence-electron chi connectivity index (χ4n) is 1.79. The van der Waals surface area contributed by atoms with Crippen molar-refractivity contribution in [1.82, 2.24) is 4.98 Å². The van der Waals surface area contributed by atoms with Gasteiger partial charge >= 0.3 is 6.18 Å². The molecular formula is C13H20F3N3. The minimum Gasteiger partial charge on any atom is -0.369 e. The van der Waals surface area contributed by atoms with Crippen molar-refractivity contribution in [3.63, 3.8) is 0 Å². The molecule has 0 amide bonds. The van der Waals surface area contributed by atoms with E-state index in [-0.39, 0.29) is 17.3 Å². The fourth-order valence-corrected chi connectivity index (χ4v) is 1.79. The Kier molecular flexibility index (Phi) is 4.79. The SMILES string of the molecule is CC(C)(C)CC(N)CNc1cccc(C(F)(F)F)n1. The van der Waals surface area contributed by atoms with Crippen molar-refractivity contribution in [2.45, 2.75) is 39.4 Å². The van der Waals surface area contributed by atoms with Crippen molar-refractivity contribution in [3.8, 4) is 0 Å². The molecule has 6 heteroatoms. The van der Waals surface area contributed by atoms with Gasteiger partial charge in [-0.2, -0.15) is 13.2 Å². The summed E-state index contributed by atoms with van der Waals surface area (Å²) in [5.74, 6) is 0.194. The second-order valence-electron chi connectivity index (χ2n) is 5.81. The van der Waals surface area contributed by atoms with Crippen LogP contribution in [0.15, 0.2) is 18.2 Å². The molecule has 0 aliphatic heterocycles. The van der Waals surface area contributed by atoms with Crippen LogP contribution in [-0.4, -0.2) is 17.6 Å². The molecule has 3 N–H and O–H groups in total. The average molecular weight is 275 g/mol. The Morgan fingerprint density at radius 2 is 1.89 bits per heavy atom. The number of anilines is 1. The number of hydrogen-bond acceptors (Lipinski definition) is 3. The van der Waals surface area contributed by atoms with Gasteiger partial charge in [0.15, 0.2) is 0 Å². The lowest BCUT2D eigenvalue weighted by Crippen LogP contribution is -2.33. The van der Waals surface area contributed by atoms with E-state index >= 15 is 0 Å². The highest BCUT2D eigenvalue weighted by atomic mass is 19.4. The highest BCUT2D eigenvalue weighted by Gasteiger charge is 2.32. The van der Waals surface area contributed by atoms with E-state index in [0.717, 1.165) is 12.5 Å². The topological polar surface area (TPSA) is 50.9 Å². The Hall–Kier alpha value is -1.30. The Labute approximate surface area is 111 Å². The predicted molar refractivity (Wildman–Crippen MR) is 69.8 cm³/mol. The third-order valence-electron chi connectivity index (χ3n) is 2.46. The molecule has 0 bridgehead atoms. The molecule has 0 saturated carbocycles. The van der Waals surface area contributed by atoms with Crippen LogP contribution >= 0.6 is 0 Å². The zero-order valence-corrected chi connectivity index (χ0v) is 11.4. The first kappa shape index (κ1) is 15.8. The maximum atomic E-state index is 12.5. The molecule has 0 saturated heterocycles. The summed E-state index contributed by atoms with van der Waals surface area (Å²) >= 11 is 0. The summed E-state index contributed by atoms with van der Waals surface area (Å²) in [6.45, 7) is 6.59. The Balaban J connectivity index is 2.59. The lowest BCUT2D eigenvalue weighted by Gasteiger charge is -2.23. The van der Waals surface area contributed by atoms with Gasteiger partial charge in [0.05, 0.1) is 0 Å². The van der Waals surface area contributed by atoms with Crippen molar-refractivity contribution in [2.75, 3.05) is 11.9 Å². The Morgan fingerprint density at radius 3 is 2.42 bits per heavy atom. The number of pyridine rings is 1. The normalized spacial score (nSPS) is 14.3. The number of nitrogens with zero attached hydrogens (tertiary/aromatic N) is 1. The standard InChI is InChI=1S/C13H20F3N3/c1-12(2,3)7-9(17)8-18-11-6-4-5-10(19-11)13(14,15)16/h4-6,9H,7-8,17H2,1-3H3,(H,18,19). The lowest BCUT2D eigenvalue weighted by atomic mass is 9.88. The number of halogens is 3. The zero-order chi connectivity index (χ0) is 14.7. The molecule has 0 aliphatic carbocycles. The largest absolute Gasteiger partial charge is 0.433 e. The molecule has 0 spiro atoms. The number of hydrogen-bond donors (Lipinski definition) is 2. The first-order chi connectivity index (χ1) is 8.58. The summed E-state index contributed by atoms with van der Waals surface area (Å²) in [5.41, 5.74) is 5.10. The van der Waals surface area contributed by atoms with Crippen LogP contribution in [0.5, 0.6) is 0 Å². The molecule has 1 unspecified atom stereocenters. The first-order valence-corrected chi connectivity index (χ1v) is 6.12. The van der Waals surface area contributed by atoms with Crippen LogP contribution in [-0.2, 0) is 6.18 Å². The molecule has 0 aromatic carbocycles. The number of nitrogens with one attached hydrogen (secondary N) is 1. The van der Waals surface area contributed by atoms with Crippen molar-refractivity contribution < 1.29 is 13.2 Å². The summed E-state index contributed by atoms with van der Waals surface area (Å²) in [6.07, 6.45) is -3.65. The van der Waals surface area contributed by atoms with Crippen LogP contribution in [0.4, 0.5) is 19.0 Å². The van der Waals surface area contributed by atoms with E-state index in [1.807, 2.05) is 0 Å². The van der Waals surface area contributed by atoms with Crippen LogP contribution in [0.25, 0.3) is 0 Å². The molecule has 1 atom stereocenters. The fraction of sp³-hybridized carbons (Fsp3) is 0.615. The van der Waals surface area contributed by atoms with Crippen LogP contribution in [0.1, 0.15) is 32.9 Å². The molecule has 108 valence electrons. The molecule has 1 rings (SSSR count). The van der Waals surface area contributed by atoms with E-state index in [1.165, 1.54) is 12.1 Å². The Bertz CT molecular complexity index is 410. The van der Waals surface area contributed by atoms with Gasteiger partial charge < -0.3 is 11.1 Å². The minimum atomic E-state index is -4.43. The molecular weight excluding hydrogens is 255 g/mol. The quantitative estimate of drug-likeness (QED) is 0.886. The molecule has 0 fully saturated rings. The average Bonchev–Trinajstić information content (AvgIpc) is 2.23. The van der Waals surface area contributed by atoms with Crippen molar-refractivity contribution in [2.24, 2.45) is 11.1 Å². The van der Waals surface area contributed by atoms with Gasteiger partial charge in [0, 0.05) is 12.6 Å². The number of nitrogens with two attached hydrogens (primary N) is 1. The van der Waals surface area contributed by atoms with Crippen molar-refractivity contribution >= 4 is 5.82 Å². The molecule has 1 aromatic rings. The number of aromatic nitrogens is 1. The van der Waals surface area contributed by atoms with Crippen LogP contribution in [0.3, 0.4) is 0 Å². The third kappa shape index (κ3) is 5.92. The van der Waals surface area contributed by atoms with Crippen LogP contribution < -0.4 is 11.1 Å². The summed E-state index contributed by atoms with van der Waals surface area (Å²) in [6, 6.07) is 3.64. The summed E-state index contributed by atoms with van der Waals surface area (Å²) in [5, 5.41) is 2.84. The summed E-state index contributed by atoms with van der Waals surface area (Å²) in [7, 11) is 0. The van der Waals surface area contributed by atoms with Crippen LogP contribution in [0, 0.1) is 5.41 Å². The molecule has 3 nitrogen and oxygen atoms in total. The van der Waals surface area contributed by atoms with Crippen molar-refractivity contribution in [3.05, 3.63) is 23.9 Å². The predicted octanol–water partition coefficient (Wildman–Crippen LogP) is 3.28. The van der Waals surface area contributed by atoms with Gasteiger partial charge in [0.1, 0.15) is 11.5 Å². The maximum Gasteiger partial charge on any atom is 0.433 e.